The van der Waals surface area contributed by atoms with Crippen molar-refractivity contribution >= 4 is 5.78 Å². The van der Waals surface area contributed by atoms with Crippen molar-refractivity contribution in [3.63, 3.8) is 0 Å². The molecule has 10 heteroatoms. The lowest BCUT2D eigenvalue weighted by Gasteiger charge is -2.38. The Hall–Kier alpha value is -3.30. The molecule has 0 saturated carbocycles. The summed E-state index contributed by atoms with van der Waals surface area (Å²) in [4.78, 5) is 14.2. The van der Waals surface area contributed by atoms with E-state index in [1.807, 2.05) is 0 Å². The number of carbonyl (C=O) groups is 1. The second-order valence-corrected chi connectivity index (χ2v) is 7.33. The smallest absolute Gasteiger partial charge is 0.432 e. The van der Waals surface area contributed by atoms with Gasteiger partial charge in [0.1, 0.15) is 5.75 Å². The summed E-state index contributed by atoms with van der Waals surface area (Å²) in [6.07, 6.45) is -10.5. The molecular weight excluding hydrogens is 455 g/mol. The third-order valence-corrected chi connectivity index (χ3v) is 5.19. The first-order valence-corrected chi connectivity index (χ1v) is 9.59. The first kappa shape index (κ1) is 24.3. The van der Waals surface area contributed by atoms with Gasteiger partial charge in [0.25, 0.3) is 0 Å². The number of allylic oxidation sites excluding steroid dienone is 2. The maximum atomic E-state index is 14.9. The van der Waals surface area contributed by atoms with Crippen molar-refractivity contribution in [2.45, 2.75) is 24.6 Å². The summed E-state index contributed by atoms with van der Waals surface area (Å²) >= 11 is 0. The molecule has 0 spiro atoms. The third kappa shape index (κ3) is 4.74. The zero-order chi connectivity index (χ0) is 24.4. The molecule has 0 fully saturated rings. The van der Waals surface area contributed by atoms with Crippen LogP contribution in [0.4, 0.5) is 30.7 Å². The lowest BCUT2D eigenvalue weighted by molar-refractivity contribution is -0.350. The van der Waals surface area contributed by atoms with Crippen molar-refractivity contribution in [2.24, 2.45) is 5.92 Å². The van der Waals surface area contributed by atoms with Crippen LogP contribution in [0, 0.1) is 5.92 Å². The molecule has 2 aromatic rings. The molecule has 0 amide bonds. The Morgan fingerprint density at radius 1 is 0.909 bits per heavy atom. The monoisotopic (exact) mass is 473 g/mol. The number of benzene rings is 2. The standard InChI is InChI=1S/C23H18F7NO2/c1-33-17-9-7-15(8-10-17)13-31-12-11-19(21(24,22(25,26)27)23(28,29)30)18(14-31)20(32)16-5-3-2-4-6-16/h2-12,14,19H,13H2,1H3. The van der Waals surface area contributed by atoms with E-state index < -0.39 is 35.3 Å². The minimum Gasteiger partial charge on any atom is -0.497 e. The van der Waals surface area contributed by atoms with Gasteiger partial charge in [-0.1, -0.05) is 48.5 Å². The lowest BCUT2D eigenvalue weighted by atomic mass is 9.78. The largest absolute Gasteiger partial charge is 0.497 e. The van der Waals surface area contributed by atoms with Gasteiger partial charge in [-0.2, -0.15) is 26.3 Å². The van der Waals surface area contributed by atoms with Gasteiger partial charge in [-0.05, 0) is 17.7 Å². The molecule has 3 rings (SSSR count). The van der Waals surface area contributed by atoms with Crippen LogP contribution in [0.5, 0.6) is 5.75 Å². The second-order valence-electron chi connectivity index (χ2n) is 7.33. The van der Waals surface area contributed by atoms with Gasteiger partial charge in [0, 0.05) is 30.1 Å². The Labute approximate surface area is 184 Å². The number of Topliss-reactive ketones (excluding diaryl/α,β-unsaturated/α-hetero) is 1. The summed E-state index contributed by atoms with van der Waals surface area (Å²) in [5, 5.41) is 0. The van der Waals surface area contributed by atoms with Gasteiger partial charge in [0.15, 0.2) is 5.78 Å². The number of ketones is 1. The van der Waals surface area contributed by atoms with Crippen LogP contribution in [0.2, 0.25) is 0 Å². The topological polar surface area (TPSA) is 29.5 Å². The van der Waals surface area contributed by atoms with Gasteiger partial charge in [0.2, 0.25) is 0 Å². The highest BCUT2D eigenvalue weighted by atomic mass is 19.4. The van der Waals surface area contributed by atoms with Gasteiger partial charge in [-0.15, -0.1) is 0 Å². The van der Waals surface area contributed by atoms with Crippen LogP contribution in [-0.2, 0) is 6.54 Å². The van der Waals surface area contributed by atoms with Gasteiger partial charge in [-0.25, -0.2) is 4.39 Å². The fraction of sp³-hybridized carbons (Fsp3) is 0.261. The molecule has 0 N–H and O–H groups in total. The molecule has 0 radical (unpaired) electrons. The van der Waals surface area contributed by atoms with Crippen LogP contribution in [-0.4, -0.2) is 35.8 Å². The van der Waals surface area contributed by atoms with Gasteiger partial charge < -0.3 is 9.64 Å². The SMILES string of the molecule is COc1ccc(CN2C=CC(C(F)(C(F)(F)F)C(F)(F)F)C(C(=O)c3ccccc3)=C2)cc1. The molecule has 1 aliphatic heterocycles. The van der Waals surface area contributed by atoms with Crippen molar-refractivity contribution in [3.05, 3.63) is 89.8 Å². The third-order valence-electron chi connectivity index (χ3n) is 5.19. The summed E-state index contributed by atoms with van der Waals surface area (Å²) in [5.41, 5.74) is -6.16. The van der Waals surface area contributed by atoms with E-state index in [9.17, 15) is 35.5 Å². The van der Waals surface area contributed by atoms with E-state index in [1.165, 1.54) is 42.3 Å². The van der Waals surface area contributed by atoms with Gasteiger partial charge in [-0.3, -0.25) is 4.79 Å². The molecular formula is C23H18F7NO2. The maximum absolute atomic E-state index is 14.9. The van der Waals surface area contributed by atoms with Crippen molar-refractivity contribution in [1.29, 1.82) is 0 Å². The molecule has 1 unspecified atom stereocenters. The van der Waals surface area contributed by atoms with E-state index in [0.29, 0.717) is 17.4 Å². The average molecular weight is 473 g/mol. The Bertz CT molecular complexity index is 1030. The predicted molar refractivity (Wildman–Crippen MR) is 106 cm³/mol. The molecule has 1 aliphatic rings. The summed E-state index contributed by atoms with van der Waals surface area (Å²) in [6, 6.07) is 13.3. The zero-order valence-electron chi connectivity index (χ0n) is 17.1. The number of alkyl halides is 7. The van der Waals surface area contributed by atoms with E-state index >= 15 is 0 Å². The molecule has 2 aromatic carbocycles. The summed E-state index contributed by atoms with van der Waals surface area (Å²) in [5.74, 6) is -3.52. The molecule has 3 nitrogen and oxygen atoms in total. The number of hydrogen-bond acceptors (Lipinski definition) is 3. The number of methoxy groups -OCH3 is 1. The first-order valence-electron chi connectivity index (χ1n) is 9.59. The Morgan fingerprint density at radius 2 is 1.48 bits per heavy atom. The minimum atomic E-state index is -6.31. The fourth-order valence-electron chi connectivity index (χ4n) is 3.46. The van der Waals surface area contributed by atoms with Crippen LogP contribution in [0.3, 0.4) is 0 Å². The quantitative estimate of drug-likeness (QED) is 0.368. The number of hydrogen-bond donors (Lipinski definition) is 0. The van der Waals surface area contributed by atoms with E-state index in [1.54, 1.807) is 24.3 Å². The molecule has 0 saturated heterocycles. The number of rotatable bonds is 6. The normalized spacial score (nSPS) is 17.0. The van der Waals surface area contributed by atoms with Crippen LogP contribution in [0.25, 0.3) is 0 Å². The van der Waals surface area contributed by atoms with Gasteiger partial charge in [0.05, 0.1) is 13.0 Å². The van der Waals surface area contributed by atoms with Crippen molar-refractivity contribution in [2.75, 3.05) is 7.11 Å². The zero-order valence-corrected chi connectivity index (χ0v) is 17.1. The van der Waals surface area contributed by atoms with Crippen LogP contribution >= 0.6 is 0 Å². The molecule has 0 bridgehead atoms. The number of carbonyl (C=O) groups excluding carboxylic acids is 1. The number of ether oxygens (including phenoxy) is 1. The van der Waals surface area contributed by atoms with E-state index in [0.717, 1.165) is 12.4 Å². The molecule has 33 heavy (non-hydrogen) atoms. The highest BCUT2D eigenvalue weighted by molar-refractivity contribution is 6.09. The van der Waals surface area contributed by atoms with Crippen molar-refractivity contribution in [1.82, 2.24) is 4.90 Å². The second kappa shape index (κ2) is 8.92. The van der Waals surface area contributed by atoms with E-state index in [-0.39, 0.29) is 12.1 Å². The molecule has 1 heterocycles. The van der Waals surface area contributed by atoms with Crippen molar-refractivity contribution in [3.8, 4) is 5.75 Å². The van der Waals surface area contributed by atoms with Crippen LogP contribution < -0.4 is 4.74 Å². The maximum Gasteiger partial charge on any atom is 0.432 e. The number of nitrogens with zero attached hydrogens (tertiary/aromatic N) is 1. The highest BCUT2D eigenvalue weighted by Crippen LogP contribution is 2.54. The summed E-state index contributed by atoms with van der Waals surface area (Å²) in [6.45, 7) is 0.0100. The predicted octanol–water partition coefficient (Wildman–Crippen LogP) is 6.24. The van der Waals surface area contributed by atoms with Gasteiger partial charge >= 0.3 is 18.0 Å². The van der Waals surface area contributed by atoms with E-state index in [4.69, 9.17) is 4.74 Å². The molecule has 0 aliphatic carbocycles. The number of halogens is 7. The summed E-state index contributed by atoms with van der Waals surface area (Å²) < 4.78 is 101. The first-order chi connectivity index (χ1) is 15.4. The summed E-state index contributed by atoms with van der Waals surface area (Å²) in [7, 11) is 1.46. The Morgan fingerprint density at radius 3 is 2.00 bits per heavy atom. The average Bonchev–Trinajstić information content (AvgIpc) is 2.77. The molecule has 176 valence electrons. The highest BCUT2D eigenvalue weighted by Gasteiger charge is 2.76. The van der Waals surface area contributed by atoms with Crippen molar-refractivity contribution < 1.29 is 40.3 Å². The van der Waals surface area contributed by atoms with Crippen LogP contribution in [0.1, 0.15) is 15.9 Å². The van der Waals surface area contributed by atoms with Crippen LogP contribution in [0.15, 0.2) is 78.6 Å². The molecule has 0 aromatic heterocycles. The Kier molecular flexibility index (Phi) is 6.58. The lowest BCUT2D eigenvalue weighted by Crippen LogP contribution is -2.59. The fourth-order valence-corrected chi connectivity index (χ4v) is 3.46. The Balaban J connectivity index is 2.05. The minimum absolute atomic E-state index is 0.0100. The molecule has 1 atom stereocenters. The van der Waals surface area contributed by atoms with E-state index in [2.05, 4.69) is 0 Å².